The number of hydrogen-bond donors (Lipinski definition) is 0. The van der Waals surface area contributed by atoms with E-state index in [1.54, 1.807) is 0 Å². The molecule has 19 heavy (non-hydrogen) atoms. The van der Waals surface area contributed by atoms with Gasteiger partial charge in [-0.3, -0.25) is 0 Å². The van der Waals surface area contributed by atoms with Gasteiger partial charge in [-0.1, -0.05) is 27.7 Å². The summed E-state index contributed by atoms with van der Waals surface area (Å²) in [7, 11) is 0. The van der Waals surface area contributed by atoms with Gasteiger partial charge in [0.25, 0.3) is 0 Å². The number of rotatable bonds is 4. The maximum Gasteiger partial charge on any atom is 0.160 e. The van der Waals surface area contributed by atoms with Crippen molar-refractivity contribution in [3.63, 3.8) is 0 Å². The van der Waals surface area contributed by atoms with Gasteiger partial charge in [0.05, 0.1) is 5.88 Å². The van der Waals surface area contributed by atoms with E-state index in [2.05, 4.69) is 48.3 Å². The molecule has 0 N–H and O–H groups in total. The normalized spacial score (nSPS) is 12.6. The number of aromatic nitrogens is 3. The van der Waals surface area contributed by atoms with E-state index in [1.165, 1.54) is 0 Å². The van der Waals surface area contributed by atoms with Crippen molar-refractivity contribution in [2.24, 2.45) is 11.3 Å². The zero-order valence-corrected chi connectivity index (χ0v) is 13.1. The third-order valence-electron chi connectivity index (χ3n) is 4.05. The number of aryl methyl sites for hydroxylation is 1. The van der Waals surface area contributed by atoms with Crippen molar-refractivity contribution in [2.45, 2.75) is 47.0 Å². The van der Waals surface area contributed by atoms with Crippen molar-refractivity contribution in [3.05, 3.63) is 23.7 Å². The number of nitrogens with zero attached hydrogens (tertiary/aromatic N) is 3. The molecule has 0 unspecified atom stereocenters. The molecule has 2 rings (SSSR count). The fourth-order valence-corrected chi connectivity index (χ4v) is 2.22. The van der Waals surface area contributed by atoms with Gasteiger partial charge in [0.15, 0.2) is 5.65 Å². The molecule has 4 heteroatoms. The van der Waals surface area contributed by atoms with E-state index in [4.69, 9.17) is 11.6 Å². The third kappa shape index (κ3) is 2.76. The Morgan fingerprint density at radius 3 is 2.63 bits per heavy atom. The first-order chi connectivity index (χ1) is 8.85. The standard InChI is InChI=1S/C15H22ClN3/c1-10(2)15(4,5)9-19-13(7-16)18-12-6-11(3)8-17-14(12)19/h6,8,10H,7,9H2,1-5H3. The first-order valence-corrected chi connectivity index (χ1v) is 7.26. The molecule has 0 atom stereocenters. The minimum absolute atomic E-state index is 0.182. The minimum Gasteiger partial charge on any atom is -0.311 e. The lowest BCUT2D eigenvalue weighted by Gasteiger charge is -2.30. The quantitative estimate of drug-likeness (QED) is 0.787. The molecule has 0 aliphatic carbocycles. The molecule has 0 aliphatic rings. The molecule has 0 radical (unpaired) electrons. The second-order valence-corrected chi connectivity index (χ2v) is 6.51. The summed E-state index contributed by atoms with van der Waals surface area (Å²) in [5.41, 5.74) is 3.19. The summed E-state index contributed by atoms with van der Waals surface area (Å²) in [6.45, 7) is 12.0. The Morgan fingerprint density at radius 2 is 2.05 bits per heavy atom. The Labute approximate surface area is 120 Å². The summed E-state index contributed by atoms with van der Waals surface area (Å²) in [6, 6.07) is 2.07. The summed E-state index contributed by atoms with van der Waals surface area (Å²) in [6.07, 6.45) is 1.89. The van der Waals surface area contributed by atoms with Crippen LogP contribution in [0, 0.1) is 18.3 Å². The van der Waals surface area contributed by atoms with Crippen LogP contribution in [0.25, 0.3) is 11.2 Å². The zero-order valence-electron chi connectivity index (χ0n) is 12.4. The molecule has 2 heterocycles. The highest BCUT2D eigenvalue weighted by molar-refractivity contribution is 6.16. The number of fused-ring (bicyclic) bond motifs is 1. The highest BCUT2D eigenvalue weighted by atomic mass is 35.5. The van der Waals surface area contributed by atoms with Crippen LogP contribution in [-0.4, -0.2) is 14.5 Å². The maximum absolute atomic E-state index is 6.04. The summed E-state index contributed by atoms with van der Waals surface area (Å²) in [5, 5.41) is 0. The van der Waals surface area contributed by atoms with Crippen LogP contribution in [0.4, 0.5) is 0 Å². The van der Waals surface area contributed by atoms with Crippen molar-refractivity contribution < 1.29 is 0 Å². The molecular formula is C15H22ClN3. The van der Waals surface area contributed by atoms with Gasteiger partial charge in [0.2, 0.25) is 0 Å². The molecule has 0 amide bonds. The van der Waals surface area contributed by atoms with Gasteiger partial charge in [-0.25, -0.2) is 9.97 Å². The Kier molecular flexibility index (Phi) is 3.86. The average molecular weight is 280 g/mol. The summed E-state index contributed by atoms with van der Waals surface area (Å²) in [5.74, 6) is 1.91. The number of alkyl halides is 1. The number of hydrogen-bond acceptors (Lipinski definition) is 2. The SMILES string of the molecule is Cc1cnc2c(c1)nc(CCl)n2CC(C)(C)C(C)C. The van der Waals surface area contributed by atoms with Crippen LogP contribution in [0.3, 0.4) is 0 Å². The summed E-state index contributed by atoms with van der Waals surface area (Å²) >= 11 is 6.04. The smallest absolute Gasteiger partial charge is 0.160 e. The van der Waals surface area contributed by atoms with Crippen LogP contribution in [0.5, 0.6) is 0 Å². The molecule has 2 aromatic rings. The van der Waals surface area contributed by atoms with E-state index in [9.17, 15) is 0 Å². The van der Waals surface area contributed by atoms with E-state index in [-0.39, 0.29) is 5.41 Å². The zero-order chi connectivity index (χ0) is 14.2. The predicted octanol–water partition coefficient (Wildman–Crippen LogP) is 4.16. The second kappa shape index (κ2) is 5.12. The van der Waals surface area contributed by atoms with Crippen LogP contribution >= 0.6 is 11.6 Å². The third-order valence-corrected chi connectivity index (χ3v) is 4.29. The summed E-state index contributed by atoms with van der Waals surface area (Å²) < 4.78 is 2.17. The molecule has 0 bridgehead atoms. The van der Waals surface area contributed by atoms with Gasteiger partial charge in [-0.05, 0) is 29.9 Å². The number of imidazole rings is 1. The van der Waals surface area contributed by atoms with E-state index >= 15 is 0 Å². The van der Waals surface area contributed by atoms with Crippen molar-refractivity contribution >= 4 is 22.8 Å². The molecule has 0 spiro atoms. The van der Waals surface area contributed by atoms with Gasteiger partial charge >= 0.3 is 0 Å². The molecular weight excluding hydrogens is 258 g/mol. The topological polar surface area (TPSA) is 30.7 Å². The van der Waals surface area contributed by atoms with Crippen LogP contribution < -0.4 is 0 Å². The molecule has 0 saturated carbocycles. The van der Waals surface area contributed by atoms with E-state index in [0.29, 0.717) is 11.8 Å². The van der Waals surface area contributed by atoms with Crippen molar-refractivity contribution in [1.82, 2.24) is 14.5 Å². The second-order valence-electron chi connectivity index (χ2n) is 6.25. The first kappa shape index (κ1) is 14.3. The fourth-order valence-electron chi connectivity index (χ4n) is 2.02. The van der Waals surface area contributed by atoms with Crippen molar-refractivity contribution in [3.8, 4) is 0 Å². The first-order valence-electron chi connectivity index (χ1n) is 6.73. The van der Waals surface area contributed by atoms with Gasteiger partial charge in [-0.2, -0.15) is 0 Å². The van der Waals surface area contributed by atoms with E-state index in [1.807, 2.05) is 13.1 Å². The summed E-state index contributed by atoms with van der Waals surface area (Å²) in [4.78, 5) is 9.14. The van der Waals surface area contributed by atoms with Gasteiger partial charge in [-0.15, -0.1) is 11.6 Å². The molecule has 3 nitrogen and oxygen atoms in total. The Morgan fingerprint density at radius 1 is 1.37 bits per heavy atom. The van der Waals surface area contributed by atoms with Crippen LogP contribution in [0.1, 0.15) is 39.1 Å². The van der Waals surface area contributed by atoms with Crippen LogP contribution in [0.2, 0.25) is 0 Å². The minimum atomic E-state index is 0.182. The van der Waals surface area contributed by atoms with Crippen LogP contribution in [-0.2, 0) is 12.4 Å². The lowest BCUT2D eigenvalue weighted by molar-refractivity contribution is 0.210. The number of halogens is 1. The molecule has 104 valence electrons. The van der Waals surface area contributed by atoms with Crippen molar-refractivity contribution in [2.75, 3.05) is 0 Å². The molecule has 0 fully saturated rings. The molecule has 0 aliphatic heterocycles. The lowest BCUT2D eigenvalue weighted by atomic mass is 9.81. The monoisotopic (exact) mass is 279 g/mol. The predicted molar refractivity (Wildman–Crippen MR) is 80.4 cm³/mol. The van der Waals surface area contributed by atoms with Gasteiger partial charge in [0.1, 0.15) is 11.3 Å². The largest absolute Gasteiger partial charge is 0.311 e. The Bertz CT molecular complexity index is 584. The lowest BCUT2D eigenvalue weighted by Crippen LogP contribution is -2.26. The maximum atomic E-state index is 6.04. The Hall–Kier alpha value is -1.09. The fraction of sp³-hybridized carbons (Fsp3) is 0.600. The van der Waals surface area contributed by atoms with Gasteiger partial charge < -0.3 is 4.57 Å². The van der Waals surface area contributed by atoms with Crippen LogP contribution in [0.15, 0.2) is 12.3 Å². The van der Waals surface area contributed by atoms with Gasteiger partial charge in [0, 0.05) is 12.7 Å². The highest BCUT2D eigenvalue weighted by Crippen LogP contribution is 2.30. The van der Waals surface area contributed by atoms with E-state index < -0.39 is 0 Å². The highest BCUT2D eigenvalue weighted by Gasteiger charge is 2.25. The Balaban J connectivity index is 2.52. The molecule has 0 saturated heterocycles. The van der Waals surface area contributed by atoms with E-state index in [0.717, 1.165) is 29.1 Å². The molecule has 2 aromatic heterocycles. The average Bonchev–Trinajstić information content (AvgIpc) is 2.65. The van der Waals surface area contributed by atoms with Crippen molar-refractivity contribution in [1.29, 1.82) is 0 Å². The molecule has 0 aromatic carbocycles. The number of pyridine rings is 1.